The van der Waals surface area contributed by atoms with E-state index in [1.165, 1.54) is 5.56 Å². The van der Waals surface area contributed by atoms with Crippen LogP contribution in [0.25, 0.3) is 5.76 Å². The van der Waals surface area contributed by atoms with Crippen LogP contribution < -0.4 is 0 Å². The van der Waals surface area contributed by atoms with E-state index in [-0.39, 0.29) is 0 Å². The van der Waals surface area contributed by atoms with Crippen molar-refractivity contribution < 1.29 is 4.74 Å². The summed E-state index contributed by atoms with van der Waals surface area (Å²) in [5.74, 6) is 0.871. The second-order valence-electron chi connectivity index (χ2n) is 2.20. The third-order valence-electron chi connectivity index (χ3n) is 1.62. The van der Waals surface area contributed by atoms with Gasteiger partial charge in [0.1, 0.15) is 5.76 Å². The fourth-order valence-electron chi connectivity index (χ4n) is 1.08. The molecule has 0 fully saturated rings. The van der Waals surface area contributed by atoms with E-state index >= 15 is 0 Å². The van der Waals surface area contributed by atoms with Crippen molar-refractivity contribution in [1.82, 2.24) is 0 Å². The molecule has 2 rings (SSSR count). The van der Waals surface area contributed by atoms with Gasteiger partial charge in [0.15, 0.2) is 0 Å². The van der Waals surface area contributed by atoms with Gasteiger partial charge in [-0.1, -0.05) is 24.3 Å². The van der Waals surface area contributed by atoms with Crippen molar-refractivity contribution >= 4 is 5.76 Å². The predicted molar refractivity (Wildman–Crippen MR) is 39.2 cm³/mol. The highest BCUT2D eigenvalue weighted by atomic mass is 16.5. The first-order valence-electron chi connectivity index (χ1n) is 3.19. The SMILES string of the molecule is COC1=[C]c2ccccc21. The number of methoxy groups -OCH3 is 1. The maximum Gasteiger partial charge on any atom is 0.135 e. The standard InChI is InChI=1S/C9H7O/c1-10-9-6-7-4-2-3-5-8(7)9/h2-5H,1H3. The molecule has 1 nitrogen and oxygen atoms in total. The monoisotopic (exact) mass is 131 g/mol. The minimum absolute atomic E-state index is 0.871. The molecule has 0 spiro atoms. The second-order valence-corrected chi connectivity index (χ2v) is 2.20. The molecule has 0 heterocycles. The molecule has 0 N–H and O–H groups in total. The first-order valence-corrected chi connectivity index (χ1v) is 3.19. The van der Waals surface area contributed by atoms with E-state index in [2.05, 4.69) is 6.08 Å². The zero-order valence-corrected chi connectivity index (χ0v) is 5.72. The molecular formula is C9H7O. The van der Waals surface area contributed by atoms with Crippen LogP contribution in [0.5, 0.6) is 0 Å². The van der Waals surface area contributed by atoms with Crippen molar-refractivity contribution in [1.29, 1.82) is 0 Å². The summed E-state index contributed by atoms with van der Waals surface area (Å²) in [7, 11) is 1.66. The molecule has 1 heteroatoms. The zero-order chi connectivity index (χ0) is 6.97. The van der Waals surface area contributed by atoms with Gasteiger partial charge >= 0.3 is 0 Å². The maximum absolute atomic E-state index is 5.02. The highest BCUT2D eigenvalue weighted by molar-refractivity contribution is 5.73. The zero-order valence-electron chi connectivity index (χ0n) is 5.72. The van der Waals surface area contributed by atoms with Crippen LogP contribution in [0.3, 0.4) is 0 Å². The first kappa shape index (κ1) is 5.54. The summed E-state index contributed by atoms with van der Waals surface area (Å²) in [5, 5.41) is 0. The third-order valence-corrected chi connectivity index (χ3v) is 1.62. The summed E-state index contributed by atoms with van der Waals surface area (Å²) in [6, 6.07) is 8.06. The van der Waals surface area contributed by atoms with Crippen molar-refractivity contribution in [3.05, 3.63) is 41.5 Å². The largest absolute Gasteiger partial charge is 0.495 e. The van der Waals surface area contributed by atoms with Gasteiger partial charge in [0.2, 0.25) is 0 Å². The fourth-order valence-corrected chi connectivity index (χ4v) is 1.08. The Balaban J connectivity index is 2.43. The van der Waals surface area contributed by atoms with E-state index < -0.39 is 0 Å². The smallest absolute Gasteiger partial charge is 0.135 e. The predicted octanol–water partition coefficient (Wildman–Crippen LogP) is 1.84. The maximum atomic E-state index is 5.02. The van der Waals surface area contributed by atoms with Crippen molar-refractivity contribution in [2.45, 2.75) is 0 Å². The Bertz CT molecular complexity index is 287. The lowest BCUT2D eigenvalue weighted by molar-refractivity contribution is 0.364. The van der Waals surface area contributed by atoms with Crippen LogP contribution in [0.1, 0.15) is 11.1 Å². The van der Waals surface area contributed by atoms with E-state index in [0.29, 0.717) is 0 Å². The minimum Gasteiger partial charge on any atom is -0.495 e. The highest BCUT2D eigenvalue weighted by Gasteiger charge is 2.15. The summed E-state index contributed by atoms with van der Waals surface area (Å²) < 4.78 is 5.02. The molecule has 0 unspecified atom stereocenters. The molecule has 1 aliphatic carbocycles. The van der Waals surface area contributed by atoms with Crippen LogP contribution in [0.4, 0.5) is 0 Å². The van der Waals surface area contributed by atoms with Crippen molar-refractivity contribution in [2.24, 2.45) is 0 Å². The van der Waals surface area contributed by atoms with E-state index in [9.17, 15) is 0 Å². The molecule has 49 valence electrons. The lowest BCUT2D eigenvalue weighted by Gasteiger charge is -2.16. The topological polar surface area (TPSA) is 9.23 Å². The van der Waals surface area contributed by atoms with Gasteiger partial charge < -0.3 is 4.74 Å². The highest BCUT2D eigenvalue weighted by Crippen LogP contribution is 2.29. The molecular weight excluding hydrogens is 124 g/mol. The molecule has 0 atom stereocenters. The average molecular weight is 131 g/mol. The normalized spacial score (nSPS) is 13.1. The van der Waals surface area contributed by atoms with Gasteiger partial charge in [0.05, 0.1) is 7.11 Å². The molecule has 0 saturated carbocycles. The van der Waals surface area contributed by atoms with Crippen LogP contribution in [-0.2, 0) is 4.74 Å². The average Bonchev–Trinajstić information content (AvgIpc) is 1.92. The van der Waals surface area contributed by atoms with E-state index in [1.54, 1.807) is 7.11 Å². The molecule has 1 aromatic rings. The van der Waals surface area contributed by atoms with Gasteiger partial charge in [-0.05, 0) is 5.56 Å². The molecule has 0 amide bonds. The van der Waals surface area contributed by atoms with E-state index in [0.717, 1.165) is 11.3 Å². The van der Waals surface area contributed by atoms with Gasteiger partial charge in [-0.15, -0.1) is 0 Å². The molecule has 0 aromatic heterocycles. The summed E-state index contributed by atoms with van der Waals surface area (Å²) in [4.78, 5) is 0. The minimum atomic E-state index is 0.871. The molecule has 0 saturated heterocycles. The summed E-state index contributed by atoms with van der Waals surface area (Å²) in [6.45, 7) is 0. The molecule has 1 aromatic carbocycles. The first-order chi connectivity index (χ1) is 4.92. The quantitative estimate of drug-likeness (QED) is 0.565. The van der Waals surface area contributed by atoms with Crippen LogP contribution in [0, 0.1) is 6.08 Å². The van der Waals surface area contributed by atoms with Crippen LogP contribution in [0.2, 0.25) is 0 Å². The Morgan fingerprint density at radius 1 is 1.30 bits per heavy atom. The number of ether oxygens (including phenoxy) is 1. The molecule has 1 aliphatic rings. The van der Waals surface area contributed by atoms with E-state index in [1.807, 2.05) is 24.3 Å². The Morgan fingerprint density at radius 2 is 2.10 bits per heavy atom. The molecule has 1 radical (unpaired) electrons. The van der Waals surface area contributed by atoms with Gasteiger partial charge in [-0.3, -0.25) is 0 Å². The van der Waals surface area contributed by atoms with Gasteiger partial charge in [0.25, 0.3) is 0 Å². The van der Waals surface area contributed by atoms with Crippen molar-refractivity contribution in [2.75, 3.05) is 7.11 Å². The van der Waals surface area contributed by atoms with Crippen LogP contribution in [-0.4, -0.2) is 7.11 Å². The lowest BCUT2D eigenvalue weighted by Crippen LogP contribution is -2.01. The lowest BCUT2D eigenvalue weighted by atomic mass is 9.96. The number of hydrogen-bond donors (Lipinski definition) is 0. The Labute approximate surface area is 59.9 Å². The van der Waals surface area contributed by atoms with Crippen LogP contribution in [0.15, 0.2) is 24.3 Å². The third kappa shape index (κ3) is 0.574. The summed E-state index contributed by atoms with van der Waals surface area (Å²) in [5.41, 5.74) is 2.32. The molecule has 0 aliphatic heterocycles. The van der Waals surface area contributed by atoms with Crippen molar-refractivity contribution in [3.8, 4) is 0 Å². The van der Waals surface area contributed by atoms with Crippen LogP contribution >= 0.6 is 0 Å². The Hall–Kier alpha value is -1.24. The Morgan fingerprint density at radius 3 is 2.80 bits per heavy atom. The number of benzene rings is 1. The number of rotatable bonds is 1. The van der Waals surface area contributed by atoms with Crippen molar-refractivity contribution in [3.63, 3.8) is 0 Å². The molecule has 0 bridgehead atoms. The van der Waals surface area contributed by atoms with Gasteiger partial charge in [0, 0.05) is 11.6 Å². The van der Waals surface area contributed by atoms with Gasteiger partial charge in [-0.2, -0.15) is 0 Å². The Kier molecular flexibility index (Phi) is 1.04. The van der Waals surface area contributed by atoms with E-state index in [4.69, 9.17) is 4.74 Å². The number of hydrogen-bond acceptors (Lipinski definition) is 1. The van der Waals surface area contributed by atoms with Gasteiger partial charge in [-0.25, -0.2) is 0 Å². The fraction of sp³-hybridized carbons (Fsp3) is 0.111. The summed E-state index contributed by atoms with van der Waals surface area (Å²) >= 11 is 0. The number of fused-ring (bicyclic) bond motifs is 1. The molecule has 10 heavy (non-hydrogen) atoms. The summed E-state index contributed by atoms with van der Waals surface area (Å²) in [6.07, 6.45) is 3.07. The second kappa shape index (κ2) is 1.87.